The summed E-state index contributed by atoms with van der Waals surface area (Å²) in [5, 5.41) is 0. The Morgan fingerprint density at radius 1 is 1.33 bits per heavy atom. The lowest BCUT2D eigenvalue weighted by Crippen LogP contribution is -2.02. The molecule has 0 aliphatic rings. The quantitative estimate of drug-likeness (QED) is 0.829. The van der Waals surface area contributed by atoms with Crippen molar-refractivity contribution in [2.75, 3.05) is 0 Å². The van der Waals surface area contributed by atoms with Crippen molar-refractivity contribution in [3.63, 3.8) is 0 Å². The Bertz CT molecular complexity index is 488. The molecule has 0 aliphatic heterocycles. The zero-order chi connectivity index (χ0) is 10.8. The summed E-state index contributed by atoms with van der Waals surface area (Å²) >= 11 is 3.40. The van der Waals surface area contributed by atoms with E-state index < -0.39 is 0 Å². The first-order valence-electron chi connectivity index (χ1n) is 4.63. The van der Waals surface area contributed by atoms with Gasteiger partial charge in [-0.15, -0.1) is 0 Å². The van der Waals surface area contributed by atoms with Gasteiger partial charge in [-0.25, -0.2) is 0 Å². The van der Waals surface area contributed by atoms with E-state index in [1.54, 1.807) is 12.3 Å². The van der Waals surface area contributed by atoms with Crippen LogP contribution in [-0.2, 0) is 0 Å². The van der Waals surface area contributed by atoms with Crippen LogP contribution >= 0.6 is 15.9 Å². The summed E-state index contributed by atoms with van der Waals surface area (Å²) in [7, 11) is 0. The third-order valence-corrected chi connectivity index (χ3v) is 2.87. The van der Waals surface area contributed by atoms with Gasteiger partial charge in [-0.1, -0.05) is 22.0 Å². The lowest BCUT2D eigenvalue weighted by atomic mass is 10.1. The molecule has 15 heavy (non-hydrogen) atoms. The highest BCUT2D eigenvalue weighted by Crippen LogP contribution is 2.20. The minimum absolute atomic E-state index is 0.00637. The predicted molar refractivity (Wildman–Crippen MR) is 63.1 cm³/mol. The first kappa shape index (κ1) is 10.2. The lowest BCUT2D eigenvalue weighted by Gasteiger charge is -2.03. The number of hydrogen-bond acceptors (Lipinski definition) is 1. The van der Waals surface area contributed by atoms with Crippen molar-refractivity contribution in [3.05, 3.63) is 57.8 Å². The summed E-state index contributed by atoms with van der Waals surface area (Å²) in [6, 6.07) is 9.30. The Morgan fingerprint density at radius 2 is 2.13 bits per heavy atom. The number of carbonyl (C=O) groups is 1. The van der Waals surface area contributed by atoms with Crippen molar-refractivity contribution < 1.29 is 4.79 Å². The minimum atomic E-state index is 0.00637. The maximum atomic E-state index is 12.0. The number of nitrogens with one attached hydrogen (secondary N) is 1. The van der Waals surface area contributed by atoms with Gasteiger partial charge in [-0.3, -0.25) is 4.79 Å². The fourth-order valence-corrected chi connectivity index (χ4v) is 2.09. The lowest BCUT2D eigenvalue weighted by molar-refractivity contribution is 0.103. The number of aryl methyl sites for hydroxylation is 1. The summed E-state index contributed by atoms with van der Waals surface area (Å²) < 4.78 is 0.835. The van der Waals surface area contributed by atoms with Gasteiger partial charge in [0, 0.05) is 16.2 Å². The van der Waals surface area contributed by atoms with E-state index in [9.17, 15) is 4.79 Å². The highest BCUT2D eigenvalue weighted by atomic mass is 79.9. The molecular formula is C12H10BrNO. The van der Waals surface area contributed by atoms with Gasteiger partial charge < -0.3 is 4.98 Å². The topological polar surface area (TPSA) is 32.9 Å². The third kappa shape index (κ3) is 2.02. The zero-order valence-corrected chi connectivity index (χ0v) is 9.84. The van der Waals surface area contributed by atoms with Gasteiger partial charge in [0.25, 0.3) is 0 Å². The molecule has 0 saturated heterocycles. The maximum Gasteiger partial charge on any atom is 0.210 e. The SMILES string of the molecule is Cc1ccc(C(=O)c2ccc[nH]2)c(Br)c1. The van der Waals surface area contributed by atoms with Crippen molar-refractivity contribution in [1.29, 1.82) is 0 Å². The Morgan fingerprint density at radius 3 is 2.73 bits per heavy atom. The number of hydrogen-bond donors (Lipinski definition) is 1. The summed E-state index contributed by atoms with van der Waals surface area (Å²) in [6.45, 7) is 1.99. The molecule has 0 spiro atoms. The number of carbonyl (C=O) groups excluding carboxylic acids is 1. The molecule has 0 atom stereocenters. The number of aromatic nitrogens is 1. The number of ketones is 1. The first-order chi connectivity index (χ1) is 7.18. The van der Waals surface area contributed by atoms with Gasteiger partial charge in [-0.2, -0.15) is 0 Å². The molecule has 1 heterocycles. The molecule has 1 aromatic heterocycles. The number of halogens is 1. The van der Waals surface area contributed by atoms with Crippen molar-refractivity contribution in [1.82, 2.24) is 4.98 Å². The summed E-state index contributed by atoms with van der Waals surface area (Å²) in [6.07, 6.45) is 1.75. The third-order valence-electron chi connectivity index (χ3n) is 2.21. The molecule has 1 N–H and O–H groups in total. The fourth-order valence-electron chi connectivity index (χ4n) is 1.42. The molecule has 0 unspecified atom stereocenters. The van der Waals surface area contributed by atoms with E-state index in [-0.39, 0.29) is 5.78 Å². The molecular weight excluding hydrogens is 254 g/mol. The molecule has 1 aromatic carbocycles. The van der Waals surface area contributed by atoms with E-state index in [1.807, 2.05) is 31.2 Å². The average molecular weight is 264 g/mol. The van der Waals surface area contributed by atoms with E-state index in [4.69, 9.17) is 0 Å². The maximum absolute atomic E-state index is 12.0. The van der Waals surface area contributed by atoms with Crippen LogP contribution < -0.4 is 0 Å². The number of H-pyrrole nitrogens is 1. The Hall–Kier alpha value is -1.35. The van der Waals surface area contributed by atoms with Crippen molar-refractivity contribution in [2.45, 2.75) is 6.92 Å². The van der Waals surface area contributed by atoms with Gasteiger partial charge in [0.1, 0.15) is 0 Å². The predicted octanol–water partition coefficient (Wildman–Crippen LogP) is 3.32. The van der Waals surface area contributed by atoms with Crippen molar-refractivity contribution in [3.8, 4) is 0 Å². The van der Waals surface area contributed by atoms with Crippen LogP contribution in [0.4, 0.5) is 0 Å². The van der Waals surface area contributed by atoms with Crippen molar-refractivity contribution >= 4 is 21.7 Å². The monoisotopic (exact) mass is 263 g/mol. The largest absolute Gasteiger partial charge is 0.359 e. The van der Waals surface area contributed by atoms with Gasteiger partial charge in [0.2, 0.25) is 5.78 Å². The molecule has 0 radical (unpaired) electrons. The fraction of sp³-hybridized carbons (Fsp3) is 0.0833. The Kier molecular flexibility index (Phi) is 2.73. The molecule has 0 fully saturated rings. The molecule has 3 heteroatoms. The van der Waals surface area contributed by atoms with Crippen LogP contribution in [0.5, 0.6) is 0 Å². The number of benzene rings is 1. The molecule has 2 nitrogen and oxygen atoms in total. The zero-order valence-electron chi connectivity index (χ0n) is 8.25. The van der Waals surface area contributed by atoms with E-state index in [1.165, 1.54) is 0 Å². The second-order valence-electron chi connectivity index (χ2n) is 3.40. The molecule has 0 amide bonds. The normalized spacial score (nSPS) is 10.3. The van der Waals surface area contributed by atoms with E-state index in [0.717, 1.165) is 10.0 Å². The highest BCUT2D eigenvalue weighted by Gasteiger charge is 2.12. The van der Waals surface area contributed by atoms with Gasteiger partial charge >= 0.3 is 0 Å². The van der Waals surface area contributed by atoms with E-state index in [2.05, 4.69) is 20.9 Å². The Balaban J connectivity index is 2.42. The number of aromatic amines is 1. The molecule has 76 valence electrons. The molecule has 0 aliphatic carbocycles. The Labute approximate surface area is 96.5 Å². The van der Waals surface area contributed by atoms with Crippen LogP contribution in [0.25, 0.3) is 0 Å². The molecule has 0 bridgehead atoms. The van der Waals surface area contributed by atoms with Crippen LogP contribution in [-0.4, -0.2) is 10.8 Å². The second kappa shape index (κ2) is 4.03. The summed E-state index contributed by atoms with van der Waals surface area (Å²) in [5.41, 5.74) is 2.42. The summed E-state index contributed by atoms with van der Waals surface area (Å²) in [5.74, 6) is 0.00637. The highest BCUT2D eigenvalue weighted by molar-refractivity contribution is 9.10. The van der Waals surface area contributed by atoms with Crippen LogP contribution in [0, 0.1) is 6.92 Å². The van der Waals surface area contributed by atoms with Crippen molar-refractivity contribution in [2.24, 2.45) is 0 Å². The van der Waals surface area contributed by atoms with E-state index in [0.29, 0.717) is 11.3 Å². The molecule has 2 aromatic rings. The van der Waals surface area contributed by atoms with Crippen LogP contribution in [0.3, 0.4) is 0 Å². The molecule has 2 rings (SSSR count). The minimum Gasteiger partial charge on any atom is -0.359 e. The van der Waals surface area contributed by atoms with Crippen LogP contribution in [0.2, 0.25) is 0 Å². The van der Waals surface area contributed by atoms with Gasteiger partial charge in [0.15, 0.2) is 0 Å². The standard InChI is InChI=1S/C12H10BrNO/c1-8-4-5-9(10(13)7-8)12(15)11-3-2-6-14-11/h2-7,14H,1H3. The smallest absolute Gasteiger partial charge is 0.210 e. The average Bonchev–Trinajstić information content (AvgIpc) is 2.69. The second-order valence-corrected chi connectivity index (χ2v) is 4.25. The first-order valence-corrected chi connectivity index (χ1v) is 5.42. The van der Waals surface area contributed by atoms with Gasteiger partial charge in [0.05, 0.1) is 5.69 Å². The van der Waals surface area contributed by atoms with Gasteiger partial charge in [-0.05, 0) is 36.8 Å². The van der Waals surface area contributed by atoms with E-state index >= 15 is 0 Å². The van der Waals surface area contributed by atoms with Crippen LogP contribution in [0.15, 0.2) is 41.0 Å². The number of rotatable bonds is 2. The summed E-state index contributed by atoms with van der Waals surface area (Å²) in [4.78, 5) is 14.9. The van der Waals surface area contributed by atoms with Crippen LogP contribution in [0.1, 0.15) is 21.6 Å². The molecule has 0 saturated carbocycles.